The van der Waals surface area contributed by atoms with Crippen LogP contribution in [0, 0.1) is 27.7 Å². The molecule has 0 unspecified atom stereocenters. The van der Waals surface area contributed by atoms with Gasteiger partial charge in [0.25, 0.3) is 0 Å². The van der Waals surface area contributed by atoms with E-state index in [0.717, 1.165) is 17.1 Å². The van der Waals surface area contributed by atoms with Crippen molar-refractivity contribution in [2.24, 2.45) is 0 Å². The zero-order valence-corrected chi connectivity index (χ0v) is 13.0. The van der Waals surface area contributed by atoms with Gasteiger partial charge in [0.05, 0.1) is 11.4 Å². The number of aryl methyl sites for hydroxylation is 4. The Labute approximate surface area is 126 Å². The molecule has 2 heteroatoms. The van der Waals surface area contributed by atoms with Gasteiger partial charge in [-0.3, -0.25) is 0 Å². The fourth-order valence-corrected chi connectivity index (χ4v) is 2.67. The van der Waals surface area contributed by atoms with E-state index in [1.165, 1.54) is 22.3 Å². The lowest BCUT2D eigenvalue weighted by atomic mass is 10.0. The second-order valence-electron chi connectivity index (χ2n) is 5.73. The zero-order valence-electron chi connectivity index (χ0n) is 13.0. The van der Waals surface area contributed by atoms with E-state index in [-0.39, 0.29) is 0 Å². The van der Waals surface area contributed by atoms with Crippen LogP contribution in [-0.4, -0.2) is 9.78 Å². The summed E-state index contributed by atoms with van der Waals surface area (Å²) in [5.41, 5.74) is 8.31. The summed E-state index contributed by atoms with van der Waals surface area (Å²) < 4.78 is 2.04. The maximum Gasteiger partial charge on any atom is 0.0729 e. The standard InChI is InChI=1S/C19H20N2/c1-13-5-8-17(9-6-13)18-10-7-14(2)11-19(18)21-16(4)12-15(3)20-21/h5-12H,1-4H3. The third-order valence-electron chi connectivity index (χ3n) is 3.75. The van der Waals surface area contributed by atoms with Gasteiger partial charge < -0.3 is 0 Å². The molecule has 0 fully saturated rings. The van der Waals surface area contributed by atoms with Gasteiger partial charge in [0, 0.05) is 11.3 Å². The molecule has 0 saturated carbocycles. The first-order chi connectivity index (χ1) is 10.0. The molecule has 0 radical (unpaired) electrons. The first-order valence-electron chi connectivity index (χ1n) is 7.26. The van der Waals surface area contributed by atoms with Gasteiger partial charge in [-0.25, -0.2) is 4.68 Å². The van der Waals surface area contributed by atoms with Crippen molar-refractivity contribution >= 4 is 0 Å². The zero-order chi connectivity index (χ0) is 15.0. The molecule has 0 spiro atoms. The van der Waals surface area contributed by atoms with Crippen LogP contribution in [0.2, 0.25) is 0 Å². The summed E-state index contributed by atoms with van der Waals surface area (Å²) in [5, 5.41) is 4.64. The van der Waals surface area contributed by atoms with Crippen molar-refractivity contribution in [3.05, 3.63) is 71.0 Å². The molecule has 106 valence electrons. The van der Waals surface area contributed by atoms with Crippen molar-refractivity contribution in [1.29, 1.82) is 0 Å². The average Bonchev–Trinajstić information content (AvgIpc) is 2.79. The highest BCUT2D eigenvalue weighted by molar-refractivity contribution is 5.73. The molecule has 0 amide bonds. The van der Waals surface area contributed by atoms with Crippen LogP contribution in [-0.2, 0) is 0 Å². The molecule has 0 atom stereocenters. The molecule has 0 aliphatic carbocycles. The Hall–Kier alpha value is -2.35. The van der Waals surface area contributed by atoms with Gasteiger partial charge >= 0.3 is 0 Å². The van der Waals surface area contributed by atoms with E-state index in [2.05, 4.69) is 74.4 Å². The van der Waals surface area contributed by atoms with E-state index in [9.17, 15) is 0 Å². The summed E-state index contributed by atoms with van der Waals surface area (Å²) in [7, 11) is 0. The summed E-state index contributed by atoms with van der Waals surface area (Å²) in [6, 6.07) is 17.3. The minimum atomic E-state index is 1.05. The molecule has 1 heterocycles. The third kappa shape index (κ3) is 2.62. The molecule has 0 aliphatic rings. The SMILES string of the molecule is Cc1ccc(-c2ccc(C)cc2-n2nc(C)cc2C)cc1. The van der Waals surface area contributed by atoms with Crippen molar-refractivity contribution in [2.75, 3.05) is 0 Å². The van der Waals surface area contributed by atoms with Gasteiger partial charge in [0.15, 0.2) is 0 Å². The van der Waals surface area contributed by atoms with Gasteiger partial charge in [-0.1, -0.05) is 42.0 Å². The Bertz CT molecular complexity index is 780. The highest BCUT2D eigenvalue weighted by Crippen LogP contribution is 2.28. The normalized spacial score (nSPS) is 10.9. The van der Waals surface area contributed by atoms with Gasteiger partial charge in [-0.05, 0) is 51.0 Å². The summed E-state index contributed by atoms with van der Waals surface area (Å²) in [5.74, 6) is 0. The predicted molar refractivity (Wildman–Crippen MR) is 87.9 cm³/mol. The van der Waals surface area contributed by atoms with E-state index in [0.29, 0.717) is 0 Å². The van der Waals surface area contributed by atoms with Crippen LogP contribution >= 0.6 is 0 Å². The maximum absolute atomic E-state index is 4.64. The highest BCUT2D eigenvalue weighted by Gasteiger charge is 2.11. The molecule has 0 N–H and O–H groups in total. The molecule has 2 aromatic carbocycles. The van der Waals surface area contributed by atoms with Crippen molar-refractivity contribution in [3.63, 3.8) is 0 Å². The molecule has 21 heavy (non-hydrogen) atoms. The van der Waals surface area contributed by atoms with E-state index in [1.54, 1.807) is 0 Å². The Morgan fingerprint density at radius 3 is 2.05 bits per heavy atom. The highest BCUT2D eigenvalue weighted by atomic mass is 15.3. The molecule has 3 aromatic rings. The van der Waals surface area contributed by atoms with E-state index >= 15 is 0 Å². The van der Waals surface area contributed by atoms with Crippen LogP contribution in [0.1, 0.15) is 22.5 Å². The minimum absolute atomic E-state index is 1.05. The first kappa shape index (κ1) is 13.6. The van der Waals surface area contributed by atoms with Crippen LogP contribution in [0.25, 0.3) is 16.8 Å². The summed E-state index contributed by atoms with van der Waals surface area (Å²) in [4.78, 5) is 0. The average molecular weight is 276 g/mol. The number of hydrogen-bond acceptors (Lipinski definition) is 1. The van der Waals surface area contributed by atoms with Gasteiger partial charge in [0.2, 0.25) is 0 Å². The molecule has 1 aromatic heterocycles. The minimum Gasteiger partial charge on any atom is -0.237 e. The van der Waals surface area contributed by atoms with Crippen LogP contribution in [0.3, 0.4) is 0 Å². The second kappa shape index (κ2) is 5.21. The molecule has 0 aliphatic heterocycles. The first-order valence-corrected chi connectivity index (χ1v) is 7.26. The Kier molecular flexibility index (Phi) is 3.38. The van der Waals surface area contributed by atoms with Gasteiger partial charge in [-0.15, -0.1) is 0 Å². The third-order valence-corrected chi connectivity index (χ3v) is 3.75. The topological polar surface area (TPSA) is 17.8 Å². The van der Waals surface area contributed by atoms with Crippen LogP contribution in [0.5, 0.6) is 0 Å². The van der Waals surface area contributed by atoms with Crippen LogP contribution < -0.4 is 0 Å². The number of aromatic nitrogens is 2. The second-order valence-corrected chi connectivity index (χ2v) is 5.73. The van der Waals surface area contributed by atoms with E-state index in [4.69, 9.17) is 0 Å². The summed E-state index contributed by atoms with van der Waals surface area (Å²) >= 11 is 0. The summed E-state index contributed by atoms with van der Waals surface area (Å²) in [6.07, 6.45) is 0. The smallest absolute Gasteiger partial charge is 0.0729 e. The van der Waals surface area contributed by atoms with Gasteiger partial charge in [-0.2, -0.15) is 5.10 Å². The molecule has 0 bridgehead atoms. The fraction of sp³-hybridized carbons (Fsp3) is 0.211. The number of benzene rings is 2. The molecular weight excluding hydrogens is 256 g/mol. The molecule has 3 rings (SSSR count). The predicted octanol–water partition coefficient (Wildman–Crippen LogP) is 4.77. The lowest BCUT2D eigenvalue weighted by molar-refractivity contribution is 0.834. The Balaban J connectivity index is 2.22. The van der Waals surface area contributed by atoms with E-state index < -0.39 is 0 Å². The maximum atomic E-state index is 4.64. The number of nitrogens with zero attached hydrogens (tertiary/aromatic N) is 2. The largest absolute Gasteiger partial charge is 0.237 e. The van der Waals surface area contributed by atoms with Crippen molar-refractivity contribution in [1.82, 2.24) is 9.78 Å². The molecule has 2 nitrogen and oxygen atoms in total. The van der Waals surface area contributed by atoms with E-state index in [1.807, 2.05) is 11.6 Å². The van der Waals surface area contributed by atoms with Crippen molar-refractivity contribution in [2.45, 2.75) is 27.7 Å². The lowest BCUT2D eigenvalue weighted by Crippen LogP contribution is -2.02. The number of hydrogen-bond donors (Lipinski definition) is 0. The fourth-order valence-electron chi connectivity index (χ4n) is 2.67. The van der Waals surface area contributed by atoms with Crippen molar-refractivity contribution in [3.8, 4) is 16.8 Å². The molecular formula is C19H20N2. The Morgan fingerprint density at radius 1 is 0.762 bits per heavy atom. The monoisotopic (exact) mass is 276 g/mol. The molecule has 0 saturated heterocycles. The van der Waals surface area contributed by atoms with Crippen LogP contribution in [0.4, 0.5) is 0 Å². The summed E-state index contributed by atoms with van der Waals surface area (Å²) in [6.45, 7) is 8.36. The lowest BCUT2D eigenvalue weighted by Gasteiger charge is -2.13. The van der Waals surface area contributed by atoms with Gasteiger partial charge in [0.1, 0.15) is 0 Å². The van der Waals surface area contributed by atoms with Crippen molar-refractivity contribution < 1.29 is 0 Å². The van der Waals surface area contributed by atoms with Crippen LogP contribution in [0.15, 0.2) is 48.5 Å². The Morgan fingerprint density at radius 2 is 1.43 bits per heavy atom. The quantitative estimate of drug-likeness (QED) is 0.659. The number of rotatable bonds is 2.